The Kier molecular flexibility index (Phi) is 2.82. The van der Waals surface area contributed by atoms with Crippen LogP contribution in [-0.4, -0.2) is 20.9 Å². The Morgan fingerprint density at radius 2 is 2.29 bits per heavy atom. The van der Waals surface area contributed by atoms with Gasteiger partial charge in [-0.1, -0.05) is 12.1 Å². The van der Waals surface area contributed by atoms with E-state index >= 15 is 0 Å². The molecule has 2 aromatic rings. The Hall–Kier alpha value is -2.30. The van der Waals surface area contributed by atoms with Crippen molar-refractivity contribution in [2.75, 3.05) is 5.73 Å². The number of rotatable bonds is 3. The molecule has 1 aromatic carbocycles. The van der Waals surface area contributed by atoms with E-state index in [1.54, 1.807) is 22.9 Å². The first kappa shape index (κ1) is 11.2. The minimum atomic E-state index is -0.928. The predicted molar refractivity (Wildman–Crippen MR) is 63.9 cm³/mol. The Morgan fingerprint density at radius 1 is 1.53 bits per heavy atom. The smallest absolute Gasteiger partial charge is 0.335 e. The van der Waals surface area contributed by atoms with E-state index in [-0.39, 0.29) is 5.56 Å². The van der Waals surface area contributed by atoms with Crippen LogP contribution >= 0.6 is 0 Å². The molecule has 0 atom stereocenters. The molecule has 3 N–H and O–H groups in total. The minimum absolute atomic E-state index is 0.277. The summed E-state index contributed by atoms with van der Waals surface area (Å²) >= 11 is 0. The lowest BCUT2D eigenvalue weighted by molar-refractivity contribution is 0.0696. The zero-order valence-electron chi connectivity index (χ0n) is 9.42. The maximum absolute atomic E-state index is 10.8. The van der Waals surface area contributed by atoms with E-state index in [1.807, 2.05) is 19.2 Å². The van der Waals surface area contributed by atoms with Crippen LogP contribution < -0.4 is 5.73 Å². The number of nitrogens with zero attached hydrogens (tertiary/aromatic N) is 2. The highest BCUT2D eigenvalue weighted by atomic mass is 16.4. The maximum atomic E-state index is 10.8. The second kappa shape index (κ2) is 4.29. The molecule has 0 radical (unpaired) electrons. The Balaban J connectivity index is 2.24. The number of hydrogen-bond donors (Lipinski definition) is 2. The van der Waals surface area contributed by atoms with Crippen molar-refractivity contribution in [2.45, 2.75) is 13.5 Å². The number of aryl methyl sites for hydroxylation is 1. The van der Waals surface area contributed by atoms with Gasteiger partial charge in [0.15, 0.2) is 0 Å². The van der Waals surface area contributed by atoms with Crippen LogP contribution in [0.15, 0.2) is 30.5 Å². The average molecular weight is 231 g/mol. The van der Waals surface area contributed by atoms with Gasteiger partial charge in [0, 0.05) is 11.8 Å². The van der Waals surface area contributed by atoms with Crippen LogP contribution in [0.1, 0.15) is 21.5 Å². The molecule has 0 bridgehead atoms. The second-order valence-electron chi connectivity index (χ2n) is 3.90. The lowest BCUT2D eigenvalue weighted by Gasteiger charge is -2.02. The SMILES string of the molecule is Cc1cn(Cc2cccc(C(=O)O)c2)nc1N. The molecule has 5 heteroatoms. The van der Waals surface area contributed by atoms with Gasteiger partial charge in [-0.15, -0.1) is 0 Å². The molecular weight excluding hydrogens is 218 g/mol. The van der Waals surface area contributed by atoms with E-state index in [4.69, 9.17) is 10.8 Å². The van der Waals surface area contributed by atoms with Crippen LogP contribution in [0.25, 0.3) is 0 Å². The zero-order valence-corrected chi connectivity index (χ0v) is 9.42. The van der Waals surface area contributed by atoms with Crippen molar-refractivity contribution >= 4 is 11.8 Å². The number of aromatic carboxylic acids is 1. The highest BCUT2D eigenvalue weighted by Crippen LogP contribution is 2.10. The largest absolute Gasteiger partial charge is 0.478 e. The Labute approximate surface area is 98.5 Å². The molecule has 0 spiro atoms. The van der Waals surface area contributed by atoms with E-state index in [0.717, 1.165) is 11.1 Å². The number of hydrogen-bond acceptors (Lipinski definition) is 3. The molecule has 5 nitrogen and oxygen atoms in total. The van der Waals surface area contributed by atoms with Gasteiger partial charge in [0.05, 0.1) is 12.1 Å². The molecule has 0 fully saturated rings. The van der Waals surface area contributed by atoms with Crippen LogP contribution in [-0.2, 0) is 6.54 Å². The monoisotopic (exact) mass is 231 g/mol. The number of nitrogens with two attached hydrogens (primary N) is 1. The van der Waals surface area contributed by atoms with Gasteiger partial charge in [-0.25, -0.2) is 4.79 Å². The van der Waals surface area contributed by atoms with E-state index < -0.39 is 5.97 Å². The van der Waals surface area contributed by atoms with Gasteiger partial charge < -0.3 is 10.8 Å². The summed E-state index contributed by atoms with van der Waals surface area (Å²) in [5.41, 5.74) is 7.72. The first-order valence-corrected chi connectivity index (χ1v) is 5.18. The lowest BCUT2D eigenvalue weighted by Crippen LogP contribution is -2.03. The summed E-state index contributed by atoms with van der Waals surface area (Å²) in [4.78, 5) is 10.8. The second-order valence-corrected chi connectivity index (χ2v) is 3.90. The zero-order chi connectivity index (χ0) is 12.4. The van der Waals surface area contributed by atoms with Gasteiger partial charge in [-0.3, -0.25) is 4.68 Å². The van der Waals surface area contributed by atoms with Crippen molar-refractivity contribution in [3.8, 4) is 0 Å². The summed E-state index contributed by atoms with van der Waals surface area (Å²) in [7, 11) is 0. The van der Waals surface area contributed by atoms with Gasteiger partial charge in [0.2, 0.25) is 0 Å². The fraction of sp³-hybridized carbons (Fsp3) is 0.167. The van der Waals surface area contributed by atoms with Crippen molar-refractivity contribution in [2.24, 2.45) is 0 Å². The maximum Gasteiger partial charge on any atom is 0.335 e. The molecule has 0 aliphatic carbocycles. The number of aromatic nitrogens is 2. The number of benzene rings is 1. The summed E-state index contributed by atoms with van der Waals surface area (Å²) < 4.78 is 1.70. The third-order valence-electron chi connectivity index (χ3n) is 2.50. The van der Waals surface area contributed by atoms with E-state index in [1.165, 1.54) is 0 Å². The molecule has 1 heterocycles. The molecular formula is C12H13N3O2. The van der Waals surface area contributed by atoms with Crippen LogP contribution in [0.4, 0.5) is 5.82 Å². The molecule has 2 rings (SSSR count). The standard InChI is InChI=1S/C12H13N3O2/c1-8-6-15(14-11(8)13)7-9-3-2-4-10(5-9)12(16)17/h2-6H,7H2,1H3,(H2,13,14)(H,16,17). The van der Waals surface area contributed by atoms with Crippen molar-refractivity contribution in [3.05, 3.63) is 47.2 Å². The van der Waals surface area contributed by atoms with Gasteiger partial charge in [0.1, 0.15) is 5.82 Å². The summed E-state index contributed by atoms with van der Waals surface area (Å²) in [5, 5.41) is 13.0. The molecule has 0 aliphatic rings. The number of anilines is 1. The summed E-state index contributed by atoms with van der Waals surface area (Å²) in [6.07, 6.45) is 1.84. The van der Waals surface area contributed by atoms with Gasteiger partial charge in [0.25, 0.3) is 0 Å². The number of carboxylic acids is 1. The quantitative estimate of drug-likeness (QED) is 0.839. The molecule has 17 heavy (non-hydrogen) atoms. The van der Waals surface area contributed by atoms with Crippen LogP contribution in [0.2, 0.25) is 0 Å². The summed E-state index contributed by atoms with van der Waals surface area (Å²) in [6.45, 7) is 2.39. The van der Waals surface area contributed by atoms with E-state index in [2.05, 4.69) is 5.10 Å². The highest BCUT2D eigenvalue weighted by Gasteiger charge is 2.05. The summed E-state index contributed by atoms with van der Waals surface area (Å²) in [5.74, 6) is -0.428. The fourth-order valence-electron chi connectivity index (χ4n) is 1.61. The lowest BCUT2D eigenvalue weighted by atomic mass is 10.1. The van der Waals surface area contributed by atoms with Crippen molar-refractivity contribution in [1.82, 2.24) is 9.78 Å². The van der Waals surface area contributed by atoms with Crippen LogP contribution in [0, 0.1) is 6.92 Å². The average Bonchev–Trinajstić information content (AvgIpc) is 2.58. The summed E-state index contributed by atoms with van der Waals surface area (Å²) in [6, 6.07) is 6.78. The first-order chi connectivity index (χ1) is 8.06. The Bertz CT molecular complexity index is 541. The Morgan fingerprint density at radius 3 is 2.88 bits per heavy atom. The molecule has 0 amide bonds. The number of nitrogen functional groups attached to an aromatic ring is 1. The molecule has 0 unspecified atom stereocenters. The molecule has 0 saturated carbocycles. The molecule has 88 valence electrons. The number of carbonyl (C=O) groups is 1. The molecule has 1 aromatic heterocycles. The first-order valence-electron chi connectivity index (χ1n) is 5.18. The molecule has 0 saturated heterocycles. The van der Waals surface area contributed by atoms with Crippen LogP contribution in [0.3, 0.4) is 0 Å². The van der Waals surface area contributed by atoms with Gasteiger partial charge >= 0.3 is 5.97 Å². The third-order valence-corrected chi connectivity index (χ3v) is 2.50. The topological polar surface area (TPSA) is 81.1 Å². The minimum Gasteiger partial charge on any atom is -0.478 e. The number of carboxylic acid groups (broad SMARTS) is 1. The predicted octanol–water partition coefficient (Wildman–Crippen LogP) is 1.52. The van der Waals surface area contributed by atoms with E-state index in [9.17, 15) is 4.79 Å². The molecule has 0 aliphatic heterocycles. The van der Waals surface area contributed by atoms with Crippen molar-refractivity contribution in [1.29, 1.82) is 0 Å². The highest BCUT2D eigenvalue weighted by molar-refractivity contribution is 5.87. The third kappa shape index (κ3) is 2.44. The van der Waals surface area contributed by atoms with E-state index in [0.29, 0.717) is 12.4 Å². The van der Waals surface area contributed by atoms with Gasteiger partial charge in [-0.05, 0) is 24.6 Å². The normalized spacial score (nSPS) is 10.4. The van der Waals surface area contributed by atoms with Crippen molar-refractivity contribution < 1.29 is 9.90 Å². The van der Waals surface area contributed by atoms with Crippen LogP contribution in [0.5, 0.6) is 0 Å². The van der Waals surface area contributed by atoms with Crippen molar-refractivity contribution in [3.63, 3.8) is 0 Å². The fourth-order valence-corrected chi connectivity index (χ4v) is 1.61. The van der Waals surface area contributed by atoms with Gasteiger partial charge in [-0.2, -0.15) is 5.10 Å².